The Hall–Kier alpha value is -2.89. The molecule has 0 aliphatic carbocycles. The summed E-state index contributed by atoms with van der Waals surface area (Å²) in [5.41, 5.74) is 5.10. The van der Waals surface area contributed by atoms with Crippen LogP contribution >= 0.6 is 0 Å². The molecule has 0 saturated carbocycles. The highest BCUT2D eigenvalue weighted by atomic mass is 16.4. The van der Waals surface area contributed by atoms with Crippen LogP contribution in [0, 0.1) is 5.92 Å². The van der Waals surface area contributed by atoms with Gasteiger partial charge in [-0.05, 0) is 47.6 Å². The molecular formula is C23H29N3O3. The first-order valence-electron chi connectivity index (χ1n) is 10.1. The monoisotopic (exact) mass is 395 g/mol. The Morgan fingerprint density at radius 3 is 2.69 bits per heavy atom. The van der Waals surface area contributed by atoms with E-state index in [4.69, 9.17) is 0 Å². The minimum atomic E-state index is -0.841. The molecule has 0 bridgehead atoms. The zero-order chi connectivity index (χ0) is 21.0. The Bertz CT molecular complexity index is 877. The third kappa shape index (κ3) is 5.13. The summed E-state index contributed by atoms with van der Waals surface area (Å²) in [7, 11) is 1.60. The van der Waals surface area contributed by atoms with Crippen LogP contribution in [0.15, 0.2) is 36.5 Å². The van der Waals surface area contributed by atoms with Crippen LogP contribution in [-0.2, 0) is 12.8 Å². The molecule has 0 radical (unpaired) electrons. The van der Waals surface area contributed by atoms with Gasteiger partial charge in [-0.1, -0.05) is 32.0 Å². The van der Waals surface area contributed by atoms with Gasteiger partial charge in [0.1, 0.15) is 0 Å². The Kier molecular flexibility index (Phi) is 6.52. The van der Waals surface area contributed by atoms with Crippen LogP contribution in [-0.4, -0.2) is 47.1 Å². The van der Waals surface area contributed by atoms with E-state index in [1.165, 1.54) is 11.1 Å². The van der Waals surface area contributed by atoms with Gasteiger partial charge in [0, 0.05) is 44.4 Å². The van der Waals surface area contributed by atoms with Crippen molar-refractivity contribution in [1.82, 2.24) is 15.2 Å². The zero-order valence-corrected chi connectivity index (χ0v) is 17.3. The molecule has 29 heavy (non-hydrogen) atoms. The summed E-state index contributed by atoms with van der Waals surface area (Å²) in [6.07, 6.45) is 3.14. The summed E-state index contributed by atoms with van der Waals surface area (Å²) in [5.74, 6) is 0.584. The molecule has 1 aromatic carbocycles. The molecule has 0 spiro atoms. The lowest BCUT2D eigenvalue weighted by molar-refractivity contribution is 0.0962. The summed E-state index contributed by atoms with van der Waals surface area (Å²) in [5, 5.41) is 12.1. The molecule has 2 amide bonds. The minimum Gasteiger partial charge on any atom is -0.465 e. The van der Waals surface area contributed by atoms with E-state index in [-0.39, 0.29) is 11.8 Å². The van der Waals surface area contributed by atoms with Crippen molar-refractivity contribution in [1.29, 1.82) is 0 Å². The van der Waals surface area contributed by atoms with E-state index in [0.717, 1.165) is 24.1 Å². The van der Waals surface area contributed by atoms with Crippen molar-refractivity contribution in [3.63, 3.8) is 0 Å². The molecule has 1 aliphatic heterocycles. The molecular weight excluding hydrogens is 366 g/mol. The molecule has 154 valence electrons. The number of carboxylic acid groups (broad SMARTS) is 1. The second kappa shape index (κ2) is 9.07. The summed E-state index contributed by atoms with van der Waals surface area (Å²) in [4.78, 5) is 29.2. The summed E-state index contributed by atoms with van der Waals surface area (Å²) in [6, 6.07) is 10.2. The molecule has 2 N–H and O–H groups in total. The first-order chi connectivity index (χ1) is 13.9. The number of carbonyl (C=O) groups is 2. The Morgan fingerprint density at radius 1 is 1.28 bits per heavy atom. The number of benzene rings is 1. The number of pyridine rings is 1. The van der Waals surface area contributed by atoms with Crippen LogP contribution < -0.4 is 5.32 Å². The second-order valence-electron chi connectivity index (χ2n) is 8.13. The van der Waals surface area contributed by atoms with Gasteiger partial charge in [0.25, 0.3) is 5.91 Å². The summed E-state index contributed by atoms with van der Waals surface area (Å²) < 4.78 is 0. The molecule has 0 saturated heterocycles. The SMILES string of the molecule is CNC(=O)c1ccc(Cc2ccc3c(c2)CCN(C(=O)O)CC3CC(C)C)nc1. The maximum atomic E-state index is 11.7. The van der Waals surface area contributed by atoms with Gasteiger partial charge in [0.15, 0.2) is 0 Å². The van der Waals surface area contributed by atoms with Crippen LogP contribution in [0.1, 0.15) is 58.9 Å². The number of nitrogens with one attached hydrogen (secondary N) is 1. The summed E-state index contributed by atoms with van der Waals surface area (Å²) in [6.45, 7) is 5.44. The normalized spacial score (nSPS) is 16.3. The standard InChI is InChI=1S/C23H29N3O3/c1-15(2)10-19-14-26(23(28)29)9-8-17-11-16(4-7-21(17)19)12-20-6-5-18(13-25-20)22(27)24-3/h4-7,11,13,15,19H,8-10,12,14H2,1-3H3,(H,24,27)(H,28,29). The lowest BCUT2D eigenvalue weighted by Gasteiger charge is -2.24. The maximum absolute atomic E-state index is 11.7. The number of hydrogen-bond acceptors (Lipinski definition) is 3. The molecule has 3 rings (SSSR count). The molecule has 0 fully saturated rings. The van der Waals surface area contributed by atoms with Crippen LogP contribution in [0.4, 0.5) is 4.79 Å². The van der Waals surface area contributed by atoms with Crippen LogP contribution in [0.5, 0.6) is 0 Å². The molecule has 1 atom stereocenters. The van der Waals surface area contributed by atoms with E-state index in [9.17, 15) is 14.7 Å². The van der Waals surface area contributed by atoms with E-state index >= 15 is 0 Å². The van der Waals surface area contributed by atoms with E-state index in [1.807, 2.05) is 6.07 Å². The van der Waals surface area contributed by atoms with Gasteiger partial charge in [-0.15, -0.1) is 0 Å². The Labute approximate surface area is 172 Å². The van der Waals surface area contributed by atoms with E-state index in [0.29, 0.717) is 31.0 Å². The number of nitrogens with zero attached hydrogens (tertiary/aromatic N) is 2. The lowest BCUT2D eigenvalue weighted by Crippen LogP contribution is -2.33. The molecule has 6 nitrogen and oxygen atoms in total. The predicted molar refractivity (Wildman–Crippen MR) is 112 cm³/mol. The van der Waals surface area contributed by atoms with E-state index in [2.05, 4.69) is 42.3 Å². The third-order valence-corrected chi connectivity index (χ3v) is 5.46. The van der Waals surface area contributed by atoms with Gasteiger partial charge >= 0.3 is 6.09 Å². The van der Waals surface area contributed by atoms with Crippen molar-refractivity contribution in [2.75, 3.05) is 20.1 Å². The van der Waals surface area contributed by atoms with Crippen molar-refractivity contribution in [3.8, 4) is 0 Å². The van der Waals surface area contributed by atoms with Crippen LogP contribution in [0.25, 0.3) is 0 Å². The Morgan fingerprint density at radius 2 is 2.07 bits per heavy atom. The number of aromatic nitrogens is 1. The minimum absolute atomic E-state index is 0.145. The molecule has 1 aromatic heterocycles. The molecule has 1 unspecified atom stereocenters. The van der Waals surface area contributed by atoms with Crippen LogP contribution in [0.3, 0.4) is 0 Å². The number of hydrogen-bond donors (Lipinski definition) is 2. The zero-order valence-electron chi connectivity index (χ0n) is 17.3. The van der Waals surface area contributed by atoms with E-state index in [1.54, 1.807) is 24.2 Å². The highest BCUT2D eigenvalue weighted by molar-refractivity contribution is 5.93. The van der Waals surface area contributed by atoms with E-state index < -0.39 is 6.09 Å². The molecule has 2 aromatic rings. The van der Waals surface area contributed by atoms with Crippen molar-refractivity contribution in [3.05, 3.63) is 64.5 Å². The molecule has 2 heterocycles. The quantitative estimate of drug-likeness (QED) is 0.809. The lowest BCUT2D eigenvalue weighted by atomic mass is 9.86. The average Bonchev–Trinajstić information content (AvgIpc) is 2.87. The number of amides is 2. The number of rotatable bonds is 5. The smallest absolute Gasteiger partial charge is 0.407 e. The fraction of sp³-hybridized carbons (Fsp3) is 0.435. The third-order valence-electron chi connectivity index (χ3n) is 5.46. The summed E-state index contributed by atoms with van der Waals surface area (Å²) >= 11 is 0. The van der Waals surface area contributed by atoms with Gasteiger partial charge in [0.2, 0.25) is 0 Å². The number of carbonyl (C=O) groups excluding carboxylic acids is 1. The highest BCUT2D eigenvalue weighted by Gasteiger charge is 2.26. The average molecular weight is 396 g/mol. The fourth-order valence-corrected chi connectivity index (χ4v) is 4.06. The molecule has 1 aliphatic rings. The highest BCUT2D eigenvalue weighted by Crippen LogP contribution is 2.31. The first-order valence-corrected chi connectivity index (χ1v) is 10.1. The van der Waals surface area contributed by atoms with Gasteiger partial charge in [0.05, 0.1) is 5.56 Å². The van der Waals surface area contributed by atoms with Gasteiger partial charge < -0.3 is 15.3 Å². The van der Waals surface area contributed by atoms with Crippen molar-refractivity contribution in [2.24, 2.45) is 5.92 Å². The predicted octanol–water partition coefficient (Wildman–Crippen LogP) is 3.70. The number of fused-ring (bicyclic) bond motifs is 1. The van der Waals surface area contributed by atoms with Crippen molar-refractivity contribution in [2.45, 2.75) is 39.0 Å². The molecule has 6 heteroatoms. The van der Waals surface area contributed by atoms with Crippen molar-refractivity contribution >= 4 is 12.0 Å². The fourth-order valence-electron chi connectivity index (χ4n) is 4.06. The second-order valence-corrected chi connectivity index (χ2v) is 8.13. The largest absolute Gasteiger partial charge is 0.465 e. The van der Waals surface area contributed by atoms with Gasteiger partial charge in [-0.2, -0.15) is 0 Å². The van der Waals surface area contributed by atoms with Gasteiger partial charge in [-0.3, -0.25) is 9.78 Å². The topological polar surface area (TPSA) is 82.5 Å². The van der Waals surface area contributed by atoms with Gasteiger partial charge in [-0.25, -0.2) is 4.79 Å². The maximum Gasteiger partial charge on any atom is 0.407 e. The Balaban J connectivity index is 1.82. The van der Waals surface area contributed by atoms with Crippen molar-refractivity contribution < 1.29 is 14.7 Å². The first kappa shape index (κ1) is 20.8. The van der Waals surface area contributed by atoms with Crippen LogP contribution in [0.2, 0.25) is 0 Å².